The van der Waals surface area contributed by atoms with Crippen molar-refractivity contribution in [3.05, 3.63) is 71.2 Å². The molecule has 2 aromatic heterocycles. The van der Waals surface area contributed by atoms with Crippen LogP contribution in [0.4, 0.5) is 18.9 Å². The van der Waals surface area contributed by atoms with Crippen LogP contribution in [0, 0.1) is 0 Å². The van der Waals surface area contributed by atoms with Crippen molar-refractivity contribution >= 4 is 17.5 Å². The molecule has 1 N–H and O–H groups in total. The number of carbonyl (C=O) groups excluding carboxylic acids is 2. The van der Waals surface area contributed by atoms with Crippen LogP contribution in [0.2, 0.25) is 0 Å². The van der Waals surface area contributed by atoms with E-state index < -0.39 is 11.7 Å². The lowest BCUT2D eigenvalue weighted by Gasteiger charge is -2.16. The predicted molar refractivity (Wildman–Crippen MR) is 120 cm³/mol. The summed E-state index contributed by atoms with van der Waals surface area (Å²) < 4.78 is 39.9. The molecule has 34 heavy (non-hydrogen) atoms. The molecule has 0 radical (unpaired) electrons. The van der Waals surface area contributed by atoms with Crippen molar-refractivity contribution in [1.82, 2.24) is 20.1 Å². The number of benzene rings is 1. The first kappa shape index (κ1) is 23.5. The number of pyridine rings is 1. The molecule has 0 aliphatic carbocycles. The molecule has 0 atom stereocenters. The molecule has 1 saturated heterocycles. The maximum atomic E-state index is 12.9. The summed E-state index contributed by atoms with van der Waals surface area (Å²) in [6.07, 6.45) is -0.924. The average molecular weight is 471 g/mol. The average Bonchev–Trinajstić information content (AvgIpc) is 3.44. The Morgan fingerprint density at radius 1 is 1.12 bits per heavy atom. The van der Waals surface area contributed by atoms with Crippen LogP contribution in [-0.4, -0.2) is 33.1 Å². The van der Waals surface area contributed by atoms with Gasteiger partial charge in [0.15, 0.2) is 5.82 Å². The van der Waals surface area contributed by atoms with Crippen molar-refractivity contribution in [2.45, 2.75) is 45.3 Å². The molecule has 7 nitrogen and oxygen atoms in total. The standard InChI is InChI=1S/C24H24F3N5O2/c1-15(2)22-19(14-30-32(22)20-10-7-17(13-28-20)24(25,26)27)23(34)29-12-16-5-8-18(9-6-16)31-11-3-4-21(31)33/h5-10,13-15H,3-4,11-12H2,1-2H3,(H,29,34). The van der Waals surface area contributed by atoms with Crippen molar-refractivity contribution in [1.29, 1.82) is 0 Å². The first-order chi connectivity index (χ1) is 16.1. The highest BCUT2D eigenvalue weighted by Gasteiger charge is 2.31. The molecule has 10 heteroatoms. The Bertz CT molecular complexity index is 1180. The van der Waals surface area contributed by atoms with E-state index in [9.17, 15) is 22.8 Å². The number of amides is 2. The zero-order valence-electron chi connectivity index (χ0n) is 18.8. The monoisotopic (exact) mass is 471 g/mol. The Hall–Kier alpha value is -3.69. The second-order valence-electron chi connectivity index (χ2n) is 8.41. The van der Waals surface area contributed by atoms with Crippen molar-refractivity contribution in [3.8, 4) is 5.82 Å². The Kier molecular flexibility index (Phi) is 6.41. The van der Waals surface area contributed by atoms with E-state index in [-0.39, 0.29) is 30.1 Å². The highest BCUT2D eigenvalue weighted by molar-refractivity contribution is 5.96. The molecule has 1 aliphatic heterocycles. The van der Waals surface area contributed by atoms with Gasteiger partial charge in [-0.3, -0.25) is 9.59 Å². The largest absolute Gasteiger partial charge is 0.417 e. The lowest BCUT2D eigenvalue weighted by Crippen LogP contribution is -2.25. The molecule has 1 aliphatic rings. The number of rotatable bonds is 6. The number of hydrogen-bond donors (Lipinski definition) is 1. The highest BCUT2D eigenvalue weighted by Crippen LogP contribution is 2.29. The normalized spacial score (nSPS) is 14.2. The van der Waals surface area contributed by atoms with Crippen LogP contribution < -0.4 is 10.2 Å². The van der Waals surface area contributed by atoms with E-state index in [0.29, 0.717) is 24.2 Å². The van der Waals surface area contributed by atoms with E-state index in [4.69, 9.17) is 0 Å². The summed E-state index contributed by atoms with van der Waals surface area (Å²) >= 11 is 0. The number of halogens is 3. The minimum atomic E-state index is -4.48. The van der Waals surface area contributed by atoms with Crippen LogP contribution in [-0.2, 0) is 17.5 Å². The van der Waals surface area contributed by atoms with E-state index in [2.05, 4.69) is 15.4 Å². The van der Waals surface area contributed by atoms with Gasteiger partial charge in [0.05, 0.1) is 23.0 Å². The third-order valence-corrected chi connectivity index (χ3v) is 5.66. The summed E-state index contributed by atoms with van der Waals surface area (Å²) in [6.45, 7) is 4.72. The van der Waals surface area contributed by atoms with Gasteiger partial charge in [-0.2, -0.15) is 18.3 Å². The van der Waals surface area contributed by atoms with Crippen LogP contribution in [0.5, 0.6) is 0 Å². The van der Waals surface area contributed by atoms with E-state index in [1.807, 2.05) is 38.1 Å². The van der Waals surface area contributed by atoms with Gasteiger partial charge in [-0.05, 0) is 42.2 Å². The molecule has 3 aromatic rings. The summed E-state index contributed by atoms with van der Waals surface area (Å²) in [5, 5.41) is 7.07. The van der Waals surface area contributed by atoms with Crippen LogP contribution in [0.25, 0.3) is 5.82 Å². The molecule has 0 saturated carbocycles. The van der Waals surface area contributed by atoms with Crippen LogP contribution in [0.1, 0.15) is 59.8 Å². The van der Waals surface area contributed by atoms with Gasteiger partial charge in [0.2, 0.25) is 5.91 Å². The van der Waals surface area contributed by atoms with E-state index in [0.717, 1.165) is 29.9 Å². The van der Waals surface area contributed by atoms with Gasteiger partial charge in [-0.1, -0.05) is 26.0 Å². The van der Waals surface area contributed by atoms with E-state index in [1.54, 1.807) is 4.90 Å². The van der Waals surface area contributed by atoms with E-state index in [1.165, 1.54) is 16.9 Å². The Morgan fingerprint density at radius 3 is 2.41 bits per heavy atom. The second kappa shape index (κ2) is 9.28. The fourth-order valence-corrected chi connectivity index (χ4v) is 3.94. The van der Waals surface area contributed by atoms with Gasteiger partial charge in [0, 0.05) is 31.4 Å². The SMILES string of the molecule is CC(C)c1c(C(=O)NCc2ccc(N3CCCC3=O)cc2)cnn1-c1ccc(C(F)(F)F)cn1. The number of alkyl halides is 3. The Balaban J connectivity index is 1.48. The molecule has 4 rings (SSSR count). The molecule has 0 spiro atoms. The third kappa shape index (κ3) is 4.80. The van der Waals surface area contributed by atoms with Gasteiger partial charge >= 0.3 is 6.18 Å². The Morgan fingerprint density at radius 2 is 1.85 bits per heavy atom. The zero-order valence-corrected chi connectivity index (χ0v) is 18.8. The number of nitrogens with zero attached hydrogens (tertiary/aromatic N) is 4. The smallest absolute Gasteiger partial charge is 0.348 e. The van der Waals surface area contributed by atoms with Gasteiger partial charge in [-0.15, -0.1) is 0 Å². The molecule has 3 heterocycles. The summed E-state index contributed by atoms with van der Waals surface area (Å²) in [7, 11) is 0. The molecule has 1 aromatic carbocycles. The maximum absolute atomic E-state index is 12.9. The number of anilines is 1. The number of carbonyl (C=O) groups is 2. The predicted octanol–water partition coefficient (Wildman–Crippen LogP) is 4.47. The molecule has 2 amide bonds. The zero-order chi connectivity index (χ0) is 24.5. The highest BCUT2D eigenvalue weighted by atomic mass is 19.4. The molecule has 1 fully saturated rings. The van der Waals surface area contributed by atoms with Crippen molar-refractivity contribution < 1.29 is 22.8 Å². The number of hydrogen-bond acceptors (Lipinski definition) is 4. The second-order valence-corrected chi connectivity index (χ2v) is 8.41. The molecular weight excluding hydrogens is 447 g/mol. The first-order valence-corrected chi connectivity index (χ1v) is 10.9. The third-order valence-electron chi connectivity index (χ3n) is 5.66. The van der Waals surface area contributed by atoms with Crippen LogP contribution in [0.15, 0.2) is 48.8 Å². The van der Waals surface area contributed by atoms with Gasteiger partial charge in [0.25, 0.3) is 5.91 Å². The van der Waals surface area contributed by atoms with Gasteiger partial charge in [0.1, 0.15) is 0 Å². The fraction of sp³-hybridized carbons (Fsp3) is 0.333. The first-order valence-electron chi connectivity index (χ1n) is 10.9. The summed E-state index contributed by atoms with van der Waals surface area (Å²) in [4.78, 5) is 30.4. The van der Waals surface area contributed by atoms with Crippen LogP contribution in [0.3, 0.4) is 0 Å². The summed E-state index contributed by atoms with van der Waals surface area (Å²) in [6, 6.07) is 9.61. The lowest BCUT2D eigenvalue weighted by atomic mass is 10.1. The quantitative estimate of drug-likeness (QED) is 0.576. The van der Waals surface area contributed by atoms with Gasteiger partial charge in [-0.25, -0.2) is 9.67 Å². The number of nitrogens with one attached hydrogen (secondary N) is 1. The van der Waals surface area contributed by atoms with Crippen LogP contribution >= 0.6 is 0 Å². The maximum Gasteiger partial charge on any atom is 0.417 e. The van der Waals surface area contributed by atoms with Gasteiger partial charge < -0.3 is 10.2 Å². The Labute approximate surface area is 194 Å². The summed E-state index contributed by atoms with van der Waals surface area (Å²) in [5.41, 5.74) is 1.73. The summed E-state index contributed by atoms with van der Waals surface area (Å²) in [5.74, 6) is -0.171. The van der Waals surface area contributed by atoms with Crippen molar-refractivity contribution in [2.75, 3.05) is 11.4 Å². The topological polar surface area (TPSA) is 80.1 Å². The fourth-order valence-electron chi connectivity index (χ4n) is 3.94. The number of aromatic nitrogens is 3. The van der Waals surface area contributed by atoms with Crippen molar-refractivity contribution in [2.24, 2.45) is 0 Å². The molecule has 0 unspecified atom stereocenters. The molecular formula is C24H24F3N5O2. The minimum Gasteiger partial charge on any atom is -0.348 e. The minimum absolute atomic E-state index is 0.113. The molecule has 178 valence electrons. The lowest BCUT2D eigenvalue weighted by molar-refractivity contribution is -0.137. The van der Waals surface area contributed by atoms with Crippen molar-refractivity contribution in [3.63, 3.8) is 0 Å². The van der Waals surface area contributed by atoms with E-state index >= 15 is 0 Å². The molecule has 0 bridgehead atoms.